The average molecular weight is 486 g/mol. The average Bonchev–Trinajstić information content (AvgIpc) is 3.12. The minimum absolute atomic E-state index is 0. The normalized spacial score (nSPS) is 16.9. The van der Waals surface area contributed by atoms with E-state index >= 15 is 0 Å². The fourth-order valence-electron chi connectivity index (χ4n) is 3.16. The van der Waals surface area contributed by atoms with Gasteiger partial charge in [-0.05, 0) is 36.5 Å². The molecule has 0 saturated carbocycles. The molecule has 0 radical (unpaired) electrons. The number of nitrogens with one attached hydrogen (secondary N) is 1. The maximum atomic E-state index is 13.4. The highest BCUT2D eigenvalue weighted by Crippen LogP contribution is 2.25. The number of guanidine groups is 1. The smallest absolute Gasteiger partial charge is 0.188 e. The number of rotatable bonds is 6. The van der Waals surface area contributed by atoms with Crippen LogP contribution in [0.5, 0.6) is 0 Å². The van der Waals surface area contributed by atoms with Crippen LogP contribution in [0.3, 0.4) is 0 Å². The van der Waals surface area contributed by atoms with E-state index in [4.69, 9.17) is 5.73 Å². The highest BCUT2D eigenvalue weighted by Gasteiger charge is 2.23. The number of hydrogen-bond acceptors (Lipinski definition) is 2. The van der Waals surface area contributed by atoms with Crippen LogP contribution < -0.4 is 16.0 Å². The van der Waals surface area contributed by atoms with Crippen LogP contribution in [-0.4, -0.2) is 32.1 Å². The first-order chi connectivity index (χ1) is 12.6. The summed E-state index contributed by atoms with van der Waals surface area (Å²) in [5.74, 6) is -0.816. The molecule has 4 nitrogen and oxygen atoms in total. The van der Waals surface area contributed by atoms with Crippen molar-refractivity contribution in [3.63, 3.8) is 0 Å². The molecule has 1 fully saturated rings. The second kappa shape index (κ2) is 10.4. The number of benzene rings is 2. The minimum atomic E-state index is -0.816. The van der Waals surface area contributed by atoms with E-state index in [-0.39, 0.29) is 24.0 Å². The number of nitrogens with two attached hydrogens (primary N) is 1. The second-order valence-electron chi connectivity index (χ2n) is 6.59. The summed E-state index contributed by atoms with van der Waals surface area (Å²) in [6.07, 6.45) is 1.85. The van der Waals surface area contributed by atoms with Gasteiger partial charge in [-0.15, -0.1) is 24.0 Å². The van der Waals surface area contributed by atoms with E-state index in [1.165, 1.54) is 17.7 Å². The van der Waals surface area contributed by atoms with Gasteiger partial charge < -0.3 is 16.0 Å². The Morgan fingerprint density at radius 3 is 2.67 bits per heavy atom. The highest BCUT2D eigenvalue weighted by molar-refractivity contribution is 14.0. The van der Waals surface area contributed by atoms with Crippen molar-refractivity contribution in [1.82, 2.24) is 5.32 Å². The lowest BCUT2D eigenvalue weighted by Gasteiger charge is -2.18. The monoisotopic (exact) mass is 486 g/mol. The summed E-state index contributed by atoms with van der Waals surface area (Å²) in [7, 11) is 0. The lowest BCUT2D eigenvalue weighted by molar-refractivity contribution is 0.508. The van der Waals surface area contributed by atoms with Gasteiger partial charge in [0.05, 0.1) is 0 Å². The van der Waals surface area contributed by atoms with Gasteiger partial charge in [0.2, 0.25) is 0 Å². The zero-order valence-corrected chi connectivity index (χ0v) is 17.4. The van der Waals surface area contributed by atoms with Crippen LogP contribution in [0.4, 0.5) is 14.5 Å². The first-order valence-corrected chi connectivity index (χ1v) is 8.89. The first kappa shape index (κ1) is 21.4. The van der Waals surface area contributed by atoms with E-state index in [0.29, 0.717) is 24.1 Å². The molecule has 3 N–H and O–H groups in total. The molecule has 2 aromatic carbocycles. The number of anilines is 1. The molecule has 0 aromatic heterocycles. The summed E-state index contributed by atoms with van der Waals surface area (Å²) in [6, 6.07) is 14.2. The predicted molar refractivity (Wildman–Crippen MR) is 117 cm³/mol. The lowest BCUT2D eigenvalue weighted by Crippen LogP contribution is -2.34. The maximum absolute atomic E-state index is 13.4. The molecule has 0 spiro atoms. The van der Waals surface area contributed by atoms with Gasteiger partial charge in [0, 0.05) is 37.9 Å². The van der Waals surface area contributed by atoms with E-state index in [0.717, 1.165) is 32.5 Å². The van der Waals surface area contributed by atoms with Crippen molar-refractivity contribution in [1.29, 1.82) is 0 Å². The van der Waals surface area contributed by atoms with Crippen LogP contribution in [-0.2, 0) is 6.42 Å². The van der Waals surface area contributed by atoms with E-state index in [2.05, 4.69) is 27.3 Å². The summed E-state index contributed by atoms with van der Waals surface area (Å²) in [6.45, 7) is 2.95. The third kappa shape index (κ3) is 6.34. The van der Waals surface area contributed by atoms with Gasteiger partial charge in [-0.1, -0.05) is 30.3 Å². The van der Waals surface area contributed by atoms with E-state index in [1.54, 1.807) is 6.07 Å². The van der Waals surface area contributed by atoms with Gasteiger partial charge in [-0.3, -0.25) is 4.99 Å². The van der Waals surface area contributed by atoms with Crippen molar-refractivity contribution in [2.24, 2.45) is 16.6 Å². The standard InChI is InChI=1S/C20H24F2N4.HI/c21-18-7-6-17(12-19(18)22)26-11-9-16(14-26)13-25-20(23)24-10-8-15-4-2-1-3-5-15;/h1-7,12,16H,8-11,13-14H2,(H3,23,24,25);1H. The quantitative estimate of drug-likeness (QED) is 0.373. The van der Waals surface area contributed by atoms with Gasteiger partial charge in [0.25, 0.3) is 0 Å². The van der Waals surface area contributed by atoms with Crippen molar-refractivity contribution in [2.45, 2.75) is 12.8 Å². The fourth-order valence-corrected chi connectivity index (χ4v) is 3.16. The van der Waals surface area contributed by atoms with E-state index in [1.807, 2.05) is 18.2 Å². The van der Waals surface area contributed by atoms with Crippen molar-refractivity contribution in [3.05, 3.63) is 65.7 Å². The Kier molecular flexibility index (Phi) is 8.27. The van der Waals surface area contributed by atoms with Crippen LogP contribution in [0, 0.1) is 17.6 Å². The molecule has 1 aliphatic rings. The number of nitrogens with zero attached hydrogens (tertiary/aromatic N) is 2. The highest BCUT2D eigenvalue weighted by atomic mass is 127. The Labute approximate surface area is 175 Å². The Morgan fingerprint density at radius 1 is 1.15 bits per heavy atom. The van der Waals surface area contributed by atoms with E-state index < -0.39 is 11.6 Å². The molecule has 0 amide bonds. The predicted octanol–water partition coefficient (Wildman–Crippen LogP) is 3.56. The molecule has 1 atom stereocenters. The molecular formula is C20H25F2IN4. The molecule has 1 saturated heterocycles. The molecule has 7 heteroatoms. The van der Waals surface area contributed by atoms with Crippen LogP contribution >= 0.6 is 24.0 Å². The zero-order valence-electron chi connectivity index (χ0n) is 15.1. The SMILES string of the molecule is I.NC(=NCC1CCN(c2ccc(F)c(F)c2)C1)NCCc1ccccc1. The first-order valence-electron chi connectivity index (χ1n) is 8.89. The third-order valence-corrected chi connectivity index (χ3v) is 4.64. The molecule has 146 valence electrons. The number of aliphatic imine (C=N–C) groups is 1. The minimum Gasteiger partial charge on any atom is -0.371 e. The number of halogens is 3. The number of hydrogen-bond donors (Lipinski definition) is 2. The van der Waals surface area contributed by atoms with Crippen molar-refractivity contribution in [2.75, 3.05) is 31.1 Å². The lowest BCUT2D eigenvalue weighted by atomic mass is 10.1. The Morgan fingerprint density at radius 2 is 1.93 bits per heavy atom. The topological polar surface area (TPSA) is 53.6 Å². The Hall–Kier alpha value is -1.90. The second-order valence-corrected chi connectivity index (χ2v) is 6.59. The largest absolute Gasteiger partial charge is 0.371 e. The summed E-state index contributed by atoms with van der Waals surface area (Å²) in [5.41, 5.74) is 7.90. The Bertz CT molecular complexity index is 755. The Balaban J connectivity index is 0.00000261. The third-order valence-electron chi connectivity index (χ3n) is 4.64. The van der Waals surface area contributed by atoms with Crippen LogP contribution in [0.15, 0.2) is 53.5 Å². The zero-order chi connectivity index (χ0) is 18.4. The molecule has 1 unspecified atom stereocenters. The fraction of sp³-hybridized carbons (Fsp3) is 0.350. The van der Waals surface area contributed by atoms with Crippen molar-refractivity contribution in [3.8, 4) is 0 Å². The summed E-state index contributed by atoms with van der Waals surface area (Å²) < 4.78 is 26.4. The van der Waals surface area contributed by atoms with Gasteiger partial charge in [-0.2, -0.15) is 0 Å². The maximum Gasteiger partial charge on any atom is 0.188 e. The molecule has 1 heterocycles. The van der Waals surface area contributed by atoms with Gasteiger partial charge in [-0.25, -0.2) is 8.78 Å². The van der Waals surface area contributed by atoms with Gasteiger partial charge in [0.15, 0.2) is 17.6 Å². The molecule has 3 rings (SSSR count). The van der Waals surface area contributed by atoms with E-state index in [9.17, 15) is 8.78 Å². The van der Waals surface area contributed by atoms with Crippen molar-refractivity contribution < 1.29 is 8.78 Å². The molecule has 0 aliphatic carbocycles. The summed E-state index contributed by atoms with van der Waals surface area (Å²) in [5, 5.41) is 3.13. The van der Waals surface area contributed by atoms with Gasteiger partial charge >= 0.3 is 0 Å². The van der Waals surface area contributed by atoms with Crippen LogP contribution in [0.25, 0.3) is 0 Å². The molecule has 27 heavy (non-hydrogen) atoms. The van der Waals surface area contributed by atoms with Crippen molar-refractivity contribution >= 4 is 35.6 Å². The van der Waals surface area contributed by atoms with Gasteiger partial charge in [0.1, 0.15) is 0 Å². The molecular weight excluding hydrogens is 461 g/mol. The van der Waals surface area contributed by atoms with Crippen LogP contribution in [0.1, 0.15) is 12.0 Å². The summed E-state index contributed by atoms with van der Waals surface area (Å²) >= 11 is 0. The molecule has 0 bridgehead atoms. The molecule has 1 aliphatic heterocycles. The summed E-state index contributed by atoms with van der Waals surface area (Å²) in [4.78, 5) is 6.48. The molecule has 2 aromatic rings. The van der Waals surface area contributed by atoms with Crippen LogP contribution in [0.2, 0.25) is 0 Å².